The van der Waals surface area contributed by atoms with Crippen molar-refractivity contribution < 1.29 is 9.47 Å². The van der Waals surface area contributed by atoms with Crippen LogP contribution in [0.2, 0.25) is 0 Å². The van der Waals surface area contributed by atoms with E-state index in [9.17, 15) is 0 Å². The molecule has 2 aromatic heterocycles. The lowest BCUT2D eigenvalue weighted by Gasteiger charge is -2.11. The van der Waals surface area contributed by atoms with E-state index in [4.69, 9.17) is 9.47 Å². The number of nitrogens with zero attached hydrogens (tertiary/aromatic N) is 3. The largest absolute Gasteiger partial charge is 0.497 e. The second-order valence-electron chi connectivity index (χ2n) is 7.12. The number of methoxy groups -OCH3 is 2. The summed E-state index contributed by atoms with van der Waals surface area (Å²) >= 11 is 0. The molecule has 148 valence electrons. The minimum Gasteiger partial charge on any atom is -0.497 e. The van der Waals surface area contributed by atoms with Crippen LogP contribution in [0.15, 0.2) is 79.3 Å². The summed E-state index contributed by atoms with van der Waals surface area (Å²) in [5.74, 6) is 1.40. The molecule has 0 aliphatic rings. The first-order valence-corrected chi connectivity index (χ1v) is 9.77. The summed E-state index contributed by atoms with van der Waals surface area (Å²) < 4.78 is 13.4. The van der Waals surface area contributed by atoms with Crippen molar-refractivity contribution in [3.63, 3.8) is 0 Å². The van der Waals surface area contributed by atoms with E-state index >= 15 is 0 Å². The monoisotopic (exact) mass is 395 g/mol. The van der Waals surface area contributed by atoms with Gasteiger partial charge in [-0.3, -0.25) is 0 Å². The van der Waals surface area contributed by atoms with Crippen molar-refractivity contribution in [2.24, 2.45) is 0 Å². The van der Waals surface area contributed by atoms with Crippen LogP contribution in [0.5, 0.6) is 11.5 Å². The Labute approximate surface area is 174 Å². The Hall–Kier alpha value is -3.86. The smallest absolute Gasteiger partial charge is 0.134 e. The van der Waals surface area contributed by atoms with Crippen molar-refractivity contribution in [3.05, 3.63) is 84.8 Å². The maximum Gasteiger partial charge on any atom is 0.134 e. The first-order chi connectivity index (χ1) is 14.8. The molecule has 0 bridgehead atoms. The zero-order valence-corrected chi connectivity index (χ0v) is 16.9. The van der Waals surface area contributed by atoms with Crippen LogP contribution in [0.4, 0.5) is 0 Å². The van der Waals surface area contributed by atoms with Crippen LogP contribution in [0.1, 0.15) is 5.56 Å². The SMILES string of the molecule is COc1cc(OC)c2c(-c3cn(Cc4ccccc4)c4ccccc34)ncnc2c1. The lowest BCUT2D eigenvalue weighted by atomic mass is 10.0. The summed E-state index contributed by atoms with van der Waals surface area (Å²) in [5.41, 5.74) is 5.10. The molecule has 5 rings (SSSR count). The summed E-state index contributed by atoms with van der Waals surface area (Å²) in [4.78, 5) is 9.13. The maximum absolute atomic E-state index is 5.68. The van der Waals surface area contributed by atoms with Gasteiger partial charge in [0, 0.05) is 41.3 Å². The molecule has 0 aliphatic carbocycles. The van der Waals surface area contributed by atoms with Gasteiger partial charge < -0.3 is 14.0 Å². The zero-order valence-electron chi connectivity index (χ0n) is 16.9. The molecular weight excluding hydrogens is 374 g/mol. The molecule has 0 unspecified atom stereocenters. The van der Waals surface area contributed by atoms with Crippen LogP contribution in [0.25, 0.3) is 33.1 Å². The van der Waals surface area contributed by atoms with Gasteiger partial charge in [-0.15, -0.1) is 0 Å². The molecular formula is C25H21N3O2. The van der Waals surface area contributed by atoms with Gasteiger partial charge in [-0.1, -0.05) is 48.5 Å². The number of benzene rings is 3. The Morgan fingerprint density at radius 1 is 0.867 bits per heavy atom. The van der Waals surface area contributed by atoms with E-state index in [1.54, 1.807) is 20.5 Å². The van der Waals surface area contributed by atoms with E-state index in [-0.39, 0.29) is 0 Å². The van der Waals surface area contributed by atoms with Crippen molar-refractivity contribution in [1.29, 1.82) is 0 Å². The highest BCUT2D eigenvalue weighted by molar-refractivity contribution is 6.05. The highest BCUT2D eigenvalue weighted by atomic mass is 16.5. The van der Waals surface area contributed by atoms with Gasteiger partial charge in [0.05, 0.1) is 30.8 Å². The summed E-state index contributed by atoms with van der Waals surface area (Å²) in [6.07, 6.45) is 3.77. The van der Waals surface area contributed by atoms with Gasteiger partial charge in [0.15, 0.2) is 0 Å². The minimum absolute atomic E-state index is 0.694. The van der Waals surface area contributed by atoms with Crippen molar-refractivity contribution in [1.82, 2.24) is 14.5 Å². The topological polar surface area (TPSA) is 49.2 Å². The second kappa shape index (κ2) is 7.52. The molecule has 0 radical (unpaired) electrons. The number of hydrogen-bond acceptors (Lipinski definition) is 4. The van der Waals surface area contributed by atoms with E-state index in [2.05, 4.69) is 69.3 Å². The summed E-state index contributed by atoms with van der Waals surface area (Å²) in [5, 5.41) is 2.02. The lowest BCUT2D eigenvalue weighted by molar-refractivity contribution is 0.398. The summed E-state index contributed by atoms with van der Waals surface area (Å²) in [6.45, 7) is 0.787. The Morgan fingerprint density at radius 3 is 2.47 bits per heavy atom. The first-order valence-electron chi connectivity index (χ1n) is 9.77. The molecule has 0 saturated carbocycles. The van der Waals surface area contributed by atoms with E-state index in [1.807, 2.05) is 18.2 Å². The number of ether oxygens (including phenoxy) is 2. The molecule has 0 N–H and O–H groups in total. The third kappa shape index (κ3) is 3.05. The van der Waals surface area contributed by atoms with E-state index < -0.39 is 0 Å². The van der Waals surface area contributed by atoms with Crippen molar-refractivity contribution in [2.45, 2.75) is 6.54 Å². The summed E-state index contributed by atoms with van der Waals surface area (Å²) in [7, 11) is 3.30. The third-order valence-electron chi connectivity index (χ3n) is 5.37. The Bertz CT molecular complexity index is 1340. The normalized spacial score (nSPS) is 11.1. The quantitative estimate of drug-likeness (QED) is 0.404. The number of aromatic nitrogens is 3. The standard InChI is InChI=1S/C25H21N3O2/c1-29-18-12-21-24(23(13-18)30-2)25(27-16-26-21)20-15-28(14-17-8-4-3-5-9-17)22-11-7-6-10-19(20)22/h3-13,15-16H,14H2,1-2H3. The second-order valence-corrected chi connectivity index (χ2v) is 7.12. The predicted octanol–water partition coefficient (Wildman–Crippen LogP) is 5.32. The first kappa shape index (κ1) is 18.2. The van der Waals surface area contributed by atoms with Gasteiger partial charge in [0.2, 0.25) is 0 Å². The average molecular weight is 395 g/mol. The van der Waals surface area contributed by atoms with E-state index in [0.29, 0.717) is 11.5 Å². The fraction of sp³-hybridized carbons (Fsp3) is 0.120. The molecule has 0 amide bonds. The molecule has 30 heavy (non-hydrogen) atoms. The molecule has 0 atom stereocenters. The van der Waals surface area contributed by atoms with Gasteiger partial charge in [0.25, 0.3) is 0 Å². The number of para-hydroxylation sites is 1. The molecule has 0 saturated heterocycles. The van der Waals surface area contributed by atoms with Gasteiger partial charge in [-0.2, -0.15) is 0 Å². The summed E-state index contributed by atoms with van der Waals surface area (Å²) in [6, 6.07) is 22.6. The van der Waals surface area contributed by atoms with Gasteiger partial charge in [0.1, 0.15) is 17.8 Å². The van der Waals surface area contributed by atoms with E-state index in [1.165, 1.54) is 5.56 Å². The number of rotatable bonds is 5. The molecule has 2 heterocycles. The van der Waals surface area contributed by atoms with Gasteiger partial charge in [-0.05, 0) is 11.6 Å². The maximum atomic E-state index is 5.68. The van der Waals surface area contributed by atoms with Crippen LogP contribution < -0.4 is 9.47 Å². The minimum atomic E-state index is 0.694. The van der Waals surface area contributed by atoms with Gasteiger partial charge >= 0.3 is 0 Å². The Balaban J connectivity index is 1.75. The zero-order chi connectivity index (χ0) is 20.5. The fourth-order valence-corrected chi connectivity index (χ4v) is 3.96. The molecule has 5 heteroatoms. The molecule has 0 fully saturated rings. The Morgan fingerprint density at radius 2 is 1.67 bits per heavy atom. The Kier molecular flexibility index (Phi) is 4.56. The number of hydrogen-bond donors (Lipinski definition) is 0. The van der Waals surface area contributed by atoms with Crippen LogP contribution in [-0.4, -0.2) is 28.8 Å². The van der Waals surface area contributed by atoms with Gasteiger partial charge in [-0.25, -0.2) is 9.97 Å². The molecule has 0 spiro atoms. The van der Waals surface area contributed by atoms with Crippen molar-refractivity contribution in [3.8, 4) is 22.8 Å². The highest BCUT2D eigenvalue weighted by Gasteiger charge is 2.18. The van der Waals surface area contributed by atoms with Crippen molar-refractivity contribution >= 4 is 21.8 Å². The molecule has 3 aromatic carbocycles. The molecule has 5 aromatic rings. The third-order valence-corrected chi connectivity index (χ3v) is 5.37. The van der Waals surface area contributed by atoms with Crippen LogP contribution in [0.3, 0.4) is 0 Å². The predicted molar refractivity (Wildman–Crippen MR) is 119 cm³/mol. The average Bonchev–Trinajstić information content (AvgIpc) is 3.16. The van der Waals surface area contributed by atoms with Crippen LogP contribution in [0, 0.1) is 0 Å². The highest BCUT2D eigenvalue weighted by Crippen LogP contribution is 2.39. The van der Waals surface area contributed by atoms with Crippen LogP contribution >= 0.6 is 0 Å². The fourth-order valence-electron chi connectivity index (χ4n) is 3.96. The number of fused-ring (bicyclic) bond motifs is 2. The van der Waals surface area contributed by atoms with Crippen LogP contribution in [-0.2, 0) is 6.54 Å². The lowest BCUT2D eigenvalue weighted by Crippen LogP contribution is -1.97. The molecule has 0 aliphatic heterocycles. The van der Waals surface area contributed by atoms with Crippen molar-refractivity contribution in [2.75, 3.05) is 14.2 Å². The molecule has 5 nitrogen and oxygen atoms in total. The van der Waals surface area contributed by atoms with E-state index in [0.717, 1.165) is 39.6 Å².